The van der Waals surface area contributed by atoms with Gasteiger partial charge in [-0.3, -0.25) is 0 Å². The topological polar surface area (TPSA) is 120 Å². The Morgan fingerprint density at radius 1 is 1.29 bits per heavy atom. The molecule has 0 saturated heterocycles. The Morgan fingerprint density at radius 3 is 2.79 bits per heavy atom. The van der Waals surface area contributed by atoms with E-state index in [2.05, 4.69) is 26.7 Å². The highest BCUT2D eigenvalue weighted by Crippen LogP contribution is 2.26. The van der Waals surface area contributed by atoms with Gasteiger partial charge in [0.25, 0.3) is 0 Å². The number of nitrogens with one attached hydrogen (secondary N) is 2. The Bertz CT molecular complexity index is 751. The van der Waals surface area contributed by atoms with Gasteiger partial charge in [-0.1, -0.05) is 18.2 Å². The minimum absolute atomic E-state index is 0.221. The molecule has 1 fully saturated rings. The second-order valence-electron chi connectivity index (χ2n) is 6.03. The maximum atomic E-state index is 9.78. The molecule has 1 aromatic carbocycles. The highest BCUT2D eigenvalue weighted by Gasteiger charge is 2.25. The Labute approximate surface area is 140 Å². The third-order valence-corrected chi connectivity index (χ3v) is 4.17. The number of benzene rings is 1. The van der Waals surface area contributed by atoms with Crippen LogP contribution in [0, 0.1) is 17.2 Å². The van der Waals surface area contributed by atoms with E-state index in [0.717, 1.165) is 24.9 Å². The van der Waals surface area contributed by atoms with Gasteiger partial charge in [-0.25, -0.2) is 4.98 Å². The van der Waals surface area contributed by atoms with Gasteiger partial charge in [0.05, 0.1) is 6.20 Å². The predicted octanol–water partition coefficient (Wildman–Crippen LogP) is 1.82. The fourth-order valence-corrected chi connectivity index (χ4v) is 2.71. The molecule has 0 aliphatic heterocycles. The average molecular weight is 324 g/mol. The van der Waals surface area contributed by atoms with E-state index in [0.29, 0.717) is 35.8 Å². The van der Waals surface area contributed by atoms with Crippen LogP contribution >= 0.6 is 0 Å². The fourth-order valence-electron chi connectivity index (χ4n) is 2.71. The molecular weight excluding hydrogens is 304 g/mol. The molecule has 0 atom stereocenters. The summed E-state index contributed by atoms with van der Waals surface area (Å²) < 4.78 is 0. The molecule has 7 nitrogen and oxygen atoms in total. The molecule has 0 radical (unpaired) electrons. The highest BCUT2D eigenvalue weighted by atomic mass is 16.3. The zero-order chi connectivity index (χ0) is 16.9. The van der Waals surface area contributed by atoms with Crippen LogP contribution in [0.1, 0.15) is 24.0 Å². The number of hydrogen-bond donors (Lipinski definition) is 4. The van der Waals surface area contributed by atoms with E-state index in [1.165, 1.54) is 6.20 Å². The first-order valence-corrected chi connectivity index (χ1v) is 7.93. The highest BCUT2D eigenvalue weighted by molar-refractivity contribution is 5.53. The van der Waals surface area contributed by atoms with Crippen molar-refractivity contribution in [2.45, 2.75) is 25.4 Å². The SMILES string of the molecule is N#Cc1cnc(NCc2ccccc2O)nc1NCC1CC(N)C1. The zero-order valence-corrected chi connectivity index (χ0v) is 13.2. The summed E-state index contributed by atoms with van der Waals surface area (Å²) in [6, 6.07) is 9.47. The van der Waals surface area contributed by atoms with Crippen LogP contribution in [0.4, 0.5) is 11.8 Å². The second kappa shape index (κ2) is 7.15. The third-order valence-electron chi connectivity index (χ3n) is 4.17. The summed E-state index contributed by atoms with van der Waals surface area (Å²) in [5.41, 5.74) is 6.95. The Morgan fingerprint density at radius 2 is 2.08 bits per heavy atom. The quantitative estimate of drug-likeness (QED) is 0.639. The summed E-state index contributed by atoms with van der Waals surface area (Å²) in [7, 11) is 0. The van der Waals surface area contributed by atoms with Crippen LogP contribution in [0.5, 0.6) is 5.75 Å². The minimum Gasteiger partial charge on any atom is -0.508 e. The number of rotatable bonds is 6. The van der Waals surface area contributed by atoms with Crippen molar-refractivity contribution in [1.82, 2.24) is 9.97 Å². The fraction of sp³-hybridized carbons (Fsp3) is 0.353. The molecule has 1 aliphatic carbocycles. The van der Waals surface area contributed by atoms with Crippen LogP contribution in [0.25, 0.3) is 0 Å². The lowest BCUT2D eigenvalue weighted by atomic mass is 9.81. The van der Waals surface area contributed by atoms with Gasteiger partial charge in [0.1, 0.15) is 23.2 Å². The monoisotopic (exact) mass is 324 g/mol. The summed E-state index contributed by atoms with van der Waals surface area (Å²) in [6.45, 7) is 1.15. The third kappa shape index (κ3) is 3.73. The first-order valence-electron chi connectivity index (χ1n) is 7.93. The standard InChI is InChI=1S/C17H20N6O/c18-7-13-10-22-17(21-9-12-3-1-2-4-15(12)24)23-16(13)20-8-11-5-14(19)6-11/h1-4,10-11,14,24H,5-6,8-9,19H2,(H2,20,21,22,23). The van der Waals surface area contributed by atoms with E-state index < -0.39 is 0 Å². The number of anilines is 2. The van der Waals surface area contributed by atoms with Crippen molar-refractivity contribution in [3.8, 4) is 11.8 Å². The molecule has 1 aromatic heterocycles. The molecule has 0 spiro atoms. The van der Waals surface area contributed by atoms with Gasteiger partial charge in [0, 0.05) is 24.7 Å². The van der Waals surface area contributed by atoms with Crippen LogP contribution in [-0.4, -0.2) is 27.7 Å². The number of aromatic nitrogens is 2. The number of aromatic hydroxyl groups is 1. The van der Waals surface area contributed by atoms with E-state index in [4.69, 9.17) is 5.73 Å². The molecule has 1 saturated carbocycles. The molecule has 1 aliphatic rings. The van der Waals surface area contributed by atoms with Gasteiger partial charge in [0.2, 0.25) is 5.95 Å². The largest absolute Gasteiger partial charge is 0.508 e. The van der Waals surface area contributed by atoms with Crippen molar-refractivity contribution >= 4 is 11.8 Å². The van der Waals surface area contributed by atoms with Gasteiger partial charge < -0.3 is 21.5 Å². The van der Waals surface area contributed by atoms with Crippen LogP contribution < -0.4 is 16.4 Å². The molecular formula is C17H20N6O. The minimum atomic E-state index is 0.221. The number of phenols is 1. The Hall–Kier alpha value is -2.85. The molecule has 124 valence electrons. The molecule has 0 amide bonds. The van der Waals surface area contributed by atoms with E-state index in [9.17, 15) is 10.4 Å². The maximum Gasteiger partial charge on any atom is 0.224 e. The van der Waals surface area contributed by atoms with Crippen molar-refractivity contribution in [3.05, 3.63) is 41.6 Å². The van der Waals surface area contributed by atoms with E-state index in [1.807, 2.05) is 12.1 Å². The summed E-state index contributed by atoms with van der Waals surface area (Å²) in [5.74, 6) is 1.68. The lowest BCUT2D eigenvalue weighted by Gasteiger charge is -2.32. The number of hydrogen-bond acceptors (Lipinski definition) is 7. The van der Waals surface area contributed by atoms with Crippen LogP contribution in [0.15, 0.2) is 30.5 Å². The molecule has 0 bridgehead atoms. The maximum absolute atomic E-state index is 9.78. The second-order valence-corrected chi connectivity index (χ2v) is 6.03. The van der Waals surface area contributed by atoms with Crippen LogP contribution in [0.3, 0.4) is 0 Å². The lowest BCUT2D eigenvalue weighted by molar-refractivity contribution is 0.280. The molecule has 7 heteroatoms. The van der Waals surface area contributed by atoms with E-state index >= 15 is 0 Å². The van der Waals surface area contributed by atoms with Crippen molar-refractivity contribution < 1.29 is 5.11 Å². The molecule has 3 rings (SSSR count). The molecule has 5 N–H and O–H groups in total. The number of nitriles is 1. The van der Waals surface area contributed by atoms with Crippen molar-refractivity contribution in [2.75, 3.05) is 17.2 Å². The van der Waals surface area contributed by atoms with Crippen molar-refractivity contribution in [1.29, 1.82) is 5.26 Å². The predicted molar refractivity (Wildman–Crippen MR) is 91.4 cm³/mol. The van der Waals surface area contributed by atoms with Crippen LogP contribution in [0.2, 0.25) is 0 Å². The first kappa shape index (κ1) is 16.0. The average Bonchev–Trinajstić information content (AvgIpc) is 2.57. The van der Waals surface area contributed by atoms with Gasteiger partial charge in [-0.15, -0.1) is 0 Å². The molecule has 24 heavy (non-hydrogen) atoms. The number of nitrogens with two attached hydrogens (primary N) is 1. The normalized spacial score (nSPS) is 19.2. The molecule has 1 heterocycles. The van der Waals surface area contributed by atoms with E-state index in [1.54, 1.807) is 12.1 Å². The Kier molecular flexibility index (Phi) is 4.77. The van der Waals surface area contributed by atoms with Gasteiger partial charge >= 0.3 is 0 Å². The Balaban J connectivity index is 1.64. The summed E-state index contributed by atoms with van der Waals surface area (Å²) in [4.78, 5) is 8.51. The molecule has 2 aromatic rings. The summed E-state index contributed by atoms with van der Waals surface area (Å²) in [6.07, 6.45) is 3.49. The zero-order valence-electron chi connectivity index (χ0n) is 13.2. The summed E-state index contributed by atoms with van der Waals surface area (Å²) in [5, 5.41) is 25.3. The van der Waals surface area contributed by atoms with Gasteiger partial charge in [-0.05, 0) is 24.8 Å². The number of para-hydroxylation sites is 1. The summed E-state index contributed by atoms with van der Waals surface area (Å²) >= 11 is 0. The van der Waals surface area contributed by atoms with Gasteiger partial charge in [0.15, 0.2) is 0 Å². The number of phenolic OH excluding ortho intramolecular Hbond substituents is 1. The van der Waals surface area contributed by atoms with Gasteiger partial charge in [-0.2, -0.15) is 10.2 Å². The van der Waals surface area contributed by atoms with Crippen molar-refractivity contribution in [3.63, 3.8) is 0 Å². The molecule has 0 unspecified atom stereocenters. The lowest BCUT2D eigenvalue weighted by Crippen LogP contribution is -2.39. The number of nitrogens with zero attached hydrogens (tertiary/aromatic N) is 3. The van der Waals surface area contributed by atoms with E-state index in [-0.39, 0.29) is 5.75 Å². The smallest absolute Gasteiger partial charge is 0.224 e. The first-order chi connectivity index (χ1) is 11.7. The van der Waals surface area contributed by atoms with Crippen LogP contribution in [-0.2, 0) is 6.54 Å². The van der Waals surface area contributed by atoms with Crippen molar-refractivity contribution in [2.24, 2.45) is 11.7 Å².